The van der Waals surface area contributed by atoms with Crippen LogP contribution < -0.4 is 10.1 Å². The zero-order valence-electron chi connectivity index (χ0n) is 13.1. The van der Waals surface area contributed by atoms with Gasteiger partial charge in [0.25, 0.3) is 0 Å². The first-order valence-electron chi connectivity index (χ1n) is 7.81. The lowest BCUT2D eigenvalue weighted by molar-refractivity contribution is 0.0305. The average molecular weight is 301 g/mol. The number of fused-ring (bicyclic) bond motifs is 1. The van der Waals surface area contributed by atoms with Gasteiger partial charge in [-0.15, -0.1) is 0 Å². The fourth-order valence-electron chi connectivity index (χ4n) is 2.87. The van der Waals surface area contributed by atoms with Gasteiger partial charge in [-0.3, -0.25) is 0 Å². The molecule has 0 fully saturated rings. The lowest BCUT2D eigenvalue weighted by atomic mass is 9.99. The van der Waals surface area contributed by atoms with Crippen LogP contribution in [0, 0.1) is 6.92 Å². The Bertz CT molecular complexity index is 633. The van der Waals surface area contributed by atoms with E-state index in [1.807, 2.05) is 37.3 Å². The van der Waals surface area contributed by atoms with Crippen LogP contribution in [0.1, 0.15) is 42.9 Å². The molecule has 0 saturated carbocycles. The summed E-state index contributed by atoms with van der Waals surface area (Å²) in [5.41, 5.74) is 0.127. The van der Waals surface area contributed by atoms with Crippen molar-refractivity contribution < 1.29 is 14.3 Å². The smallest absolute Gasteiger partial charge is 0.136 e. The van der Waals surface area contributed by atoms with Gasteiger partial charge in [-0.05, 0) is 44.9 Å². The first-order chi connectivity index (χ1) is 10.6. The van der Waals surface area contributed by atoms with E-state index in [-0.39, 0.29) is 6.04 Å². The second kappa shape index (κ2) is 6.15. The highest BCUT2D eigenvalue weighted by Gasteiger charge is 2.29. The molecule has 2 aromatic rings. The molecule has 2 atom stereocenters. The van der Waals surface area contributed by atoms with E-state index in [9.17, 15) is 5.11 Å². The molecular weight excluding hydrogens is 278 g/mol. The van der Waals surface area contributed by atoms with E-state index in [0.29, 0.717) is 12.3 Å². The van der Waals surface area contributed by atoms with E-state index in [0.717, 1.165) is 36.5 Å². The summed E-state index contributed by atoms with van der Waals surface area (Å²) in [6, 6.07) is 12.0. The Kier molecular flexibility index (Phi) is 4.23. The number of aryl methyl sites for hydroxylation is 1. The van der Waals surface area contributed by atoms with Crippen molar-refractivity contribution in [3.63, 3.8) is 0 Å². The zero-order chi connectivity index (χ0) is 15.6. The Labute approximate surface area is 131 Å². The van der Waals surface area contributed by atoms with Crippen molar-refractivity contribution in [2.45, 2.75) is 38.3 Å². The topological polar surface area (TPSA) is 54.6 Å². The summed E-state index contributed by atoms with van der Waals surface area (Å²) in [6.45, 7) is 4.82. The largest absolute Gasteiger partial charge is 0.493 e. The molecule has 0 aliphatic carbocycles. The average Bonchev–Trinajstić information content (AvgIpc) is 2.84. The summed E-state index contributed by atoms with van der Waals surface area (Å²) >= 11 is 0. The maximum absolute atomic E-state index is 10.7. The molecule has 22 heavy (non-hydrogen) atoms. The van der Waals surface area contributed by atoms with Crippen LogP contribution in [0.5, 0.6) is 5.75 Å². The van der Waals surface area contributed by atoms with Crippen molar-refractivity contribution in [2.24, 2.45) is 0 Å². The van der Waals surface area contributed by atoms with Gasteiger partial charge < -0.3 is 19.6 Å². The molecule has 0 bridgehead atoms. The van der Waals surface area contributed by atoms with Crippen LogP contribution in [0.2, 0.25) is 0 Å². The Balaban J connectivity index is 1.73. The van der Waals surface area contributed by atoms with Gasteiger partial charge in [0.05, 0.1) is 6.61 Å². The molecule has 3 rings (SSSR count). The minimum Gasteiger partial charge on any atom is -0.493 e. The summed E-state index contributed by atoms with van der Waals surface area (Å²) in [4.78, 5) is 0. The molecule has 0 saturated heterocycles. The van der Waals surface area contributed by atoms with Gasteiger partial charge in [0, 0.05) is 18.2 Å². The number of benzene rings is 1. The van der Waals surface area contributed by atoms with E-state index in [2.05, 4.69) is 11.4 Å². The third kappa shape index (κ3) is 3.18. The number of rotatable bonds is 4. The number of ether oxygens (including phenoxy) is 1. The Hall–Kier alpha value is -1.78. The molecule has 1 aromatic heterocycles. The fourth-order valence-corrected chi connectivity index (χ4v) is 2.87. The van der Waals surface area contributed by atoms with Crippen molar-refractivity contribution in [1.82, 2.24) is 5.32 Å². The van der Waals surface area contributed by atoms with E-state index in [1.165, 1.54) is 0 Å². The summed E-state index contributed by atoms with van der Waals surface area (Å²) in [7, 11) is 0. The highest BCUT2D eigenvalue weighted by atomic mass is 16.5. The third-order valence-corrected chi connectivity index (χ3v) is 4.15. The van der Waals surface area contributed by atoms with Crippen LogP contribution in [0.4, 0.5) is 0 Å². The normalized spacial score (nSPS) is 20.6. The first kappa shape index (κ1) is 15.1. The summed E-state index contributed by atoms with van der Waals surface area (Å²) in [5.74, 6) is 2.34. The molecule has 1 aliphatic rings. The molecule has 0 radical (unpaired) electrons. The molecule has 4 nitrogen and oxygen atoms in total. The van der Waals surface area contributed by atoms with Crippen molar-refractivity contribution in [2.75, 3.05) is 13.2 Å². The summed E-state index contributed by atoms with van der Waals surface area (Å²) in [5, 5.41) is 14.1. The fraction of sp³-hybridized carbons (Fsp3) is 0.444. The lowest BCUT2D eigenvalue weighted by Gasteiger charge is -2.26. The van der Waals surface area contributed by atoms with Crippen LogP contribution in [0.15, 0.2) is 40.8 Å². The second-order valence-electron chi connectivity index (χ2n) is 6.15. The summed E-state index contributed by atoms with van der Waals surface area (Å²) in [6.07, 6.45) is 1.98. The Morgan fingerprint density at radius 1 is 1.27 bits per heavy atom. The van der Waals surface area contributed by atoms with Gasteiger partial charge in [-0.2, -0.15) is 0 Å². The predicted molar refractivity (Wildman–Crippen MR) is 84.9 cm³/mol. The molecule has 1 aliphatic heterocycles. The molecule has 2 unspecified atom stereocenters. The molecule has 2 heterocycles. The molecule has 4 heteroatoms. The van der Waals surface area contributed by atoms with E-state index < -0.39 is 5.60 Å². The molecule has 0 amide bonds. The molecule has 118 valence electrons. The highest BCUT2D eigenvalue weighted by molar-refractivity contribution is 5.36. The van der Waals surface area contributed by atoms with Gasteiger partial charge in [0.1, 0.15) is 22.9 Å². The molecular formula is C18H23NO3. The predicted octanol–water partition coefficient (Wildman–Crippen LogP) is 3.30. The molecule has 0 spiro atoms. The third-order valence-electron chi connectivity index (χ3n) is 4.15. The van der Waals surface area contributed by atoms with E-state index in [1.54, 1.807) is 6.92 Å². The van der Waals surface area contributed by atoms with Gasteiger partial charge in [-0.1, -0.05) is 18.2 Å². The van der Waals surface area contributed by atoms with Gasteiger partial charge in [0.15, 0.2) is 0 Å². The molecule has 1 aromatic carbocycles. The van der Waals surface area contributed by atoms with Gasteiger partial charge in [0.2, 0.25) is 0 Å². The van der Waals surface area contributed by atoms with Crippen molar-refractivity contribution in [3.8, 4) is 5.75 Å². The minimum absolute atomic E-state index is 0.182. The van der Waals surface area contributed by atoms with Crippen LogP contribution in [-0.4, -0.2) is 18.3 Å². The van der Waals surface area contributed by atoms with Crippen LogP contribution in [0.3, 0.4) is 0 Å². The lowest BCUT2D eigenvalue weighted by Crippen LogP contribution is -2.37. The maximum atomic E-state index is 10.7. The maximum Gasteiger partial charge on any atom is 0.136 e. The van der Waals surface area contributed by atoms with Crippen LogP contribution >= 0.6 is 0 Å². The van der Waals surface area contributed by atoms with Crippen molar-refractivity contribution >= 4 is 0 Å². The quantitative estimate of drug-likeness (QED) is 0.910. The number of hydrogen-bond acceptors (Lipinski definition) is 4. The van der Waals surface area contributed by atoms with Gasteiger partial charge >= 0.3 is 0 Å². The number of nitrogens with one attached hydrogen (secondary N) is 1. The number of aliphatic hydroxyl groups is 1. The van der Waals surface area contributed by atoms with Crippen LogP contribution in [-0.2, 0) is 5.60 Å². The summed E-state index contributed by atoms with van der Waals surface area (Å²) < 4.78 is 11.3. The highest BCUT2D eigenvalue weighted by Crippen LogP contribution is 2.32. The Morgan fingerprint density at radius 2 is 2.09 bits per heavy atom. The Morgan fingerprint density at radius 3 is 2.86 bits per heavy atom. The SMILES string of the molecule is Cc1ccc(C(C)(O)CNC2CCCOc3ccccc32)o1. The van der Waals surface area contributed by atoms with E-state index >= 15 is 0 Å². The van der Waals surface area contributed by atoms with Crippen molar-refractivity contribution in [1.29, 1.82) is 0 Å². The number of para-hydroxylation sites is 1. The standard InChI is InChI=1S/C18H23NO3/c1-13-9-10-17(22-13)18(2,20)12-19-15-7-5-11-21-16-8-4-3-6-14(15)16/h3-4,6,8-10,15,19-20H,5,7,11-12H2,1-2H3. The molecule has 2 N–H and O–H groups in total. The zero-order valence-corrected chi connectivity index (χ0v) is 13.1. The van der Waals surface area contributed by atoms with E-state index in [4.69, 9.17) is 9.15 Å². The number of hydrogen-bond donors (Lipinski definition) is 2. The second-order valence-corrected chi connectivity index (χ2v) is 6.15. The first-order valence-corrected chi connectivity index (χ1v) is 7.81. The monoisotopic (exact) mass is 301 g/mol. The van der Waals surface area contributed by atoms with Gasteiger partial charge in [-0.25, -0.2) is 0 Å². The van der Waals surface area contributed by atoms with Crippen molar-refractivity contribution in [3.05, 3.63) is 53.5 Å². The van der Waals surface area contributed by atoms with Crippen LogP contribution in [0.25, 0.3) is 0 Å². The minimum atomic E-state index is -1.03. The number of furan rings is 1.